The summed E-state index contributed by atoms with van der Waals surface area (Å²) in [6.45, 7) is 4.27. The average molecular weight is 251 g/mol. The van der Waals surface area contributed by atoms with E-state index in [1.54, 1.807) is 0 Å². The van der Waals surface area contributed by atoms with Gasteiger partial charge in [0.1, 0.15) is 5.69 Å². The third-order valence-corrected chi connectivity index (χ3v) is 2.80. The first-order valence-corrected chi connectivity index (χ1v) is 5.95. The molecule has 4 heteroatoms. The topological polar surface area (TPSA) is 52.0 Å². The molecular weight excluding hydrogens is 236 g/mol. The number of nitrogens with two attached hydrogens (primary N) is 1. The molecule has 1 aromatic carbocycles. The molecule has 0 saturated heterocycles. The first kappa shape index (κ1) is 12.0. The minimum Gasteiger partial charge on any atom is -0.367 e. The van der Waals surface area contributed by atoms with Crippen molar-refractivity contribution in [2.75, 3.05) is 5.73 Å². The highest BCUT2D eigenvalue weighted by atomic mass is 35.5. The van der Waals surface area contributed by atoms with Crippen molar-refractivity contribution >= 4 is 17.5 Å². The highest BCUT2D eigenvalue weighted by molar-refractivity contribution is 6.30. The molecule has 0 aliphatic carbocycles. The second-order valence-corrected chi connectivity index (χ2v) is 4.92. The van der Waals surface area contributed by atoms with Crippen LogP contribution in [0.15, 0.2) is 28.8 Å². The van der Waals surface area contributed by atoms with Crippen LogP contribution in [0.3, 0.4) is 0 Å². The van der Waals surface area contributed by atoms with Crippen LogP contribution in [0.1, 0.15) is 19.4 Å². The summed E-state index contributed by atoms with van der Waals surface area (Å²) in [4.78, 5) is 0. The molecule has 2 N–H and O–H groups in total. The number of halogens is 1. The van der Waals surface area contributed by atoms with E-state index in [1.807, 2.05) is 24.3 Å². The Morgan fingerprint density at radius 1 is 1.29 bits per heavy atom. The van der Waals surface area contributed by atoms with Gasteiger partial charge in [-0.05, 0) is 24.5 Å². The van der Waals surface area contributed by atoms with Crippen molar-refractivity contribution in [3.8, 4) is 11.3 Å². The van der Waals surface area contributed by atoms with Gasteiger partial charge >= 0.3 is 0 Å². The lowest BCUT2D eigenvalue weighted by Gasteiger charge is -2.05. The maximum atomic E-state index is 5.86. The lowest BCUT2D eigenvalue weighted by Crippen LogP contribution is -1.98. The molecule has 0 radical (unpaired) electrons. The van der Waals surface area contributed by atoms with E-state index in [1.165, 1.54) is 0 Å². The molecule has 1 aromatic heterocycles. The molecule has 2 rings (SSSR count). The van der Waals surface area contributed by atoms with Crippen molar-refractivity contribution in [3.63, 3.8) is 0 Å². The Kier molecular flexibility index (Phi) is 3.38. The Morgan fingerprint density at radius 2 is 1.94 bits per heavy atom. The zero-order valence-electron chi connectivity index (χ0n) is 9.90. The third kappa shape index (κ3) is 2.61. The monoisotopic (exact) mass is 250 g/mol. The zero-order chi connectivity index (χ0) is 12.4. The van der Waals surface area contributed by atoms with E-state index in [-0.39, 0.29) is 0 Å². The fourth-order valence-electron chi connectivity index (χ4n) is 1.76. The lowest BCUT2D eigenvalue weighted by atomic mass is 9.99. The summed E-state index contributed by atoms with van der Waals surface area (Å²) in [6, 6.07) is 7.51. The van der Waals surface area contributed by atoms with Gasteiger partial charge in [-0.2, -0.15) is 0 Å². The van der Waals surface area contributed by atoms with Crippen LogP contribution in [0, 0.1) is 5.92 Å². The molecule has 0 fully saturated rings. The Labute approximate surface area is 106 Å². The Morgan fingerprint density at radius 3 is 2.53 bits per heavy atom. The molecular formula is C13H15ClN2O. The summed E-state index contributed by atoms with van der Waals surface area (Å²) in [5.74, 6) is 0.909. The molecule has 3 nitrogen and oxygen atoms in total. The number of nitrogens with zero attached hydrogens (tertiary/aromatic N) is 1. The van der Waals surface area contributed by atoms with Crippen molar-refractivity contribution < 1.29 is 4.52 Å². The van der Waals surface area contributed by atoms with Crippen molar-refractivity contribution in [1.29, 1.82) is 0 Å². The fourth-order valence-corrected chi connectivity index (χ4v) is 1.89. The van der Waals surface area contributed by atoms with Crippen LogP contribution in [0.4, 0.5) is 5.88 Å². The van der Waals surface area contributed by atoms with Crippen LogP contribution in [0.5, 0.6) is 0 Å². The number of rotatable bonds is 3. The minimum atomic E-state index is 0.406. The third-order valence-electron chi connectivity index (χ3n) is 2.55. The maximum Gasteiger partial charge on any atom is 0.225 e. The molecule has 17 heavy (non-hydrogen) atoms. The summed E-state index contributed by atoms with van der Waals surface area (Å²) >= 11 is 5.86. The number of aromatic nitrogens is 1. The zero-order valence-corrected chi connectivity index (χ0v) is 10.7. The van der Waals surface area contributed by atoms with E-state index in [9.17, 15) is 0 Å². The predicted octanol–water partition coefficient (Wildman–Crippen LogP) is 3.78. The van der Waals surface area contributed by atoms with E-state index < -0.39 is 0 Å². The van der Waals surface area contributed by atoms with E-state index >= 15 is 0 Å². The number of benzene rings is 1. The second-order valence-electron chi connectivity index (χ2n) is 4.48. The van der Waals surface area contributed by atoms with E-state index in [0.717, 1.165) is 23.2 Å². The summed E-state index contributed by atoms with van der Waals surface area (Å²) in [5.41, 5.74) is 8.57. The van der Waals surface area contributed by atoms with Crippen LogP contribution >= 0.6 is 11.6 Å². The van der Waals surface area contributed by atoms with Gasteiger partial charge in [-0.15, -0.1) is 0 Å². The standard InChI is InChI=1S/C13H15ClN2O/c1-8(2)7-11-12(16-17-13(11)15)9-3-5-10(14)6-4-9/h3-6,8H,7,15H2,1-2H3. The van der Waals surface area contributed by atoms with Crippen LogP contribution in [-0.4, -0.2) is 5.16 Å². The molecule has 1 heterocycles. The van der Waals surface area contributed by atoms with Gasteiger partial charge < -0.3 is 10.3 Å². The molecule has 0 aliphatic rings. The summed E-state index contributed by atoms with van der Waals surface area (Å²) in [6.07, 6.45) is 0.854. The number of hydrogen-bond acceptors (Lipinski definition) is 3. The highest BCUT2D eigenvalue weighted by Gasteiger charge is 2.16. The molecule has 0 amide bonds. The summed E-state index contributed by atoms with van der Waals surface area (Å²) in [7, 11) is 0. The van der Waals surface area contributed by atoms with Crippen LogP contribution in [0.25, 0.3) is 11.3 Å². The molecule has 0 spiro atoms. The predicted molar refractivity (Wildman–Crippen MR) is 69.9 cm³/mol. The smallest absolute Gasteiger partial charge is 0.225 e. The highest BCUT2D eigenvalue weighted by Crippen LogP contribution is 2.29. The Balaban J connectivity index is 2.41. The lowest BCUT2D eigenvalue weighted by molar-refractivity contribution is 0.438. The van der Waals surface area contributed by atoms with Gasteiger partial charge in [-0.25, -0.2) is 0 Å². The largest absolute Gasteiger partial charge is 0.367 e. The molecule has 0 bridgehead atoms. The summed E-state index contributed by atoms with van der Waals surface area (Å²) < 4.78 is 5.08. The Hall–Kier alpha value is -1.48. The minimum absolute atomic E-state index is 0.406. The molecule has 0 aliphatic heterocycles. The van der Waals surface area contributed by atoms with E-state index in [4.69, 9.17) is 21.9 Å². The fraction of sp³-hybridized carbons (Fsp3) is 0.308. The Bertz CT molecular complexity index is 503. The number of hydrogen-bond donors (Lipinski definition) is 1. The first-order chi connectivity index (χ1) is 8.08. The molecule has 0 atom stereocenters. The molecule has 90 valence electrons. The van der Waals surface area contributed by atoms with Gasteiger partial charge in [0.25, 0.3) is 0 Å². The maximum absolute atomic E-state index is 5.86. The quantitative estimate of drug-likeness (QED) is 0.902. The van der Waals surface area contributed by atoms with Gasteiger partial charge in [0.15, 0.2) is 0 Å². The normalized spacial score (nSPS) is 11.1. The van der Waals surface area contributed by atoms with Crippen LogP contribution in [-0.2, 0) is 6.42 Å². The van der Waals surface area contributed by atoms with Gasteiger partial charge in [-0.1, -0.05) is 42.7 Å². The molecule has 2 aromatic rings. The SMILES string of the molecule is CC(C)Cc1c(-c2ccc(Cl)cc2)noc1N. The van der Waals surface area contributed by atoms with Crippen LogP contribution < -0.4 is 5.73 Å². The molecule has 0 unspecified atom stereocenters. The van der Waals surface area contributed by atoms with Crippen molar-refractivity contribution in [1.82, 2.24) is 5.16 Å². The molecule has 0 saturated carbocycles. The van der Waals surface area contributed by atoms with Gasteiger partial charge in [-0.3, -0.25) is 0 Å². The van der Waals surface area contributed by atoms with Gasteiger partial charge in [0, 0.05) is 16.1 Å². The van der Waals surface area contributed by atoms with Gasteiger partial charge in [0.05, 0.1) is 0 Å². The van der Waals surface area contributed by atoms with E-state index in [2.05, 4.69) is 19.0 Å². The van der Waals surface area contributed by atoms with Gasteiger partial charge in [0.2, 0.25) is 5.88 Å². The first-order valence-electron chi connectivity index (χ1n) is 5.58. The van der Waals surface area contributed by atoms with Crippen LogP contribution in [0.2, 0.25) is 5.02 Å². The van der Waals surface area contributed by atoms with Crippen molar-refractivity contribution in [2.45, 2.75) is 20.3 Å². The second kappa shape index (κ2) is 4.80. The number of anilines is 1. The van der Waals surface area contributed by atoms with Crippen molar-refractivity contribution in [3.05, 3.63) is 34.9 Å². The number of nitrogen functional groups attached to an aromatic ring is 1. The average Bonchev–Trinajstić information content (AvgIpc) is 2.61. The van der Waals surface area contributed by atoms with E-state index in [0.29, 0.717) is 16.8 Å². The van der Waals surface area contributed by atoms with Crippen molar-refractivity contribution in [2.24, 2.45) is 5.92 Å². The summed E-state index contributed by atoms with van der Waals surface area (Å²) in [5, 5.41) is 4.73.